The van der Waals surface area contributed by atoms with E-state index in [1.807, 2.05) is 29.6 Å². The van der Waals surface area contributed by atoms with E-state index in [4.69, 9.17) is 4.74 Å². The standard InChI is InChI=1S/C17H16N2O5S2.CH4/c20-8-11-10(21)6-15(24-11)19-7-9(16(22)18-17(19)23)12-3-4-14(26-12)13-2-1-5-25-13;/h1-5,7,10-11,15,20-21H,6,8H2,(H,18,22,23);1H4/t10-,11+,15+;/m0./s1. The first kappa shape index (κ1) is 19.7. The lowest BCUT2D eigenvalue weighted by atomic mass is 10.2. The Hall–Kier alpha value is -2.04. The number of ether oxygens (including phenoxy) is 1. The summed E-state index contributed by atoms with van der Waals surface area (Å²) in [6, 6.07) is 7.76. The Morgan fingerprint density at radius 1 is 1.22 bits per heavy atom. The van der Waals surface area contributed by atoms with Gasteiger partial charge in [-0.2, -0.15) is 0 Å². The third kappa shape index (κ3) is 3.69. The maximum Gasteiger partial charge on any atom is 0.330 e. The number of aliphatic hydroxyl groups is 2. The summed E-state index contributed by atoms with van der Waals surface area (Å²) in [5.41, 5.74) is -0.712. The molecule has 0 aliphatic carbocycles. The molecule has 1 saturated heterocycles. The Labute approximate surface area is 163 Å². The topological polar surface area (TPSA) is 105 Å². The first-order valence-electron chi connectivity index (χ1n) is 8.00. The van der Waals surface area contributed by atoms with E-state index in [2.05, 4.69) is 4.98 Å². The van der Waals surface area contributed by atoms with Crippen LogP contribution in [-0.2, 0) is 4.74 Å². The van der Waals surface area contributed by atoms with Crippen molar-refractivity contribution in [3.8, 4) is 20.2 Å². The van der Waals surface area contributed by atoms with E-state index in [0.717, 1.165) is 14.6 Å². The summed E-state index contributed by atoms with van der Waals surface area (Å²) in [7, 11) is 0. The van der Waals surface area contributed by atoms with Gasteiger partial charge >= 0.3 is 5.69 Å². The van der Waals surface area contributed by atoms with Crippen LogP contribution in [0, 0.1) is 0 Å². The largest absolute Gasteiger partial charge is 0.394 e. The predicted octanol–water partition coefficient (Wildman–Crippen LogP) is 2.27. The molecule has 0 amide bonds. The maximum absolute atomic E-state index is 12.3. The lowest BCUT2D eigenvalue weighted by Crippen LogP contribution is -2.33. The Morgan fingerprint density at radius 3 is 2.67 bits per heavy atom. The summed E-state index contributed by atoms with van der Waals surface area (Å²) in [5.74, 6) is 0. The molecule has 1 aliphatic rings. The van der Waals surface area contributed by atoms with Gasteiger partial charge in [0.25, 0.3) is 5.56 Å². The second kappa shape index (κ2) is 7.91. The van der Waals surface area contributed by atoms with Crippen molar-refractivity contribution < 1.29 is 14.9 Å². The summed E-state index contributed by atoms with van der Waals surface area (Å²) in [4.78, 5) is 29.7. The molecule has 0 radical (unpaired) electrons. The minimum atomic E-state index is -0.862. The van der Waals surface area contributed by atoms with Crippen LogP contribution in [0.2, 0.25) is 0 Å². The molecular weight excluding hydrogens is 388 g/mol. The highest BCUT2D eigenvalue weighted by molar-refractivity contribution is 7.23. The minimum absolute atomic E-state index is 0. The van der Waals surface area contributed by atoms with Crippen molar-refractivity contribution in [1.29, 1.82) is 0 Å². The quantitative estimate of drug-likeness (QED) is 0.614. The van der Waals surface area contributed by atoms with Crippen molar-refractivity contribution in [3.05, 3.63) is 56.7 Å². The van der Waals surface area contributed by atoms with E-state index < -0.39 is 29.7 Å². The fourth-order valence-electron chi connectivity index (χ4n) is 2.96. The lowest BCUT2D eigenvalue weighted by molar-refractivity contribution is -0.0458. The molecule has 3 aromatic rings. The SMILES string of the molecule is C.O=c1[nH]c(=O)n([C@H]2C[C@H](O)[C@@H](CO)O2)cc1-c1ccc(-c2cccs2)s1. The molecule has 0 spiro atoms. The number of nitrogens with zero attached hydrogens (tertiary/aromatic N) is 1. The molecule has 9 heteroatoms. The van der Waals surface area contributed by atoms with Crippen molar-refractivity contribution in [2.75, 3.05) is 6.61 Å². The molecule has 0 saturated carbocycles. The van der Waals surface area contributed by atoms with Crippen LogP contribution in [0.25, 0.3) is 20.2 Å². The van der Waals surface area contributed by atoms with Crippen LogP contribution in [0.3, 0.4) is 0 Å². The van der Waals surface area contributed by atoms with Gasteiger partial charge in [-0.3, -0.25) is 14.3 Å². The number of H-pyrrole nitrogens is 1. The van der Waals surface area contributed by atoms with Crippen molar-refractivity contribution >= 4 is 22.7 Å². The van der Waals surface area contributed by atoms with E-state index in [9.17, 15) is 19.8 Å². The number of aliphatic hydroxyl groups excluding tert-OH is 2. The molecule has 0 aromatic carbocycles. The van der Waals surface area contributed by atoms with Gasteiger partial charge in [0.15, 0.2) is 0 Å². The average molecular weight is 409 g/mol. The van der Waals surface area contributed by atoms with Crippen molar-refractivity contribution in [1.82, 2.24) is 9.55 Å². The van der Waals surface area contributed by atoms with Gasteiger partial charge in [-0.15, -0.1) is 22.7 Å². The predicted molar refractivity (Wildman–Crippen MR) is 106 cm³/mol. The van der Waals surface area contributed by atoms with Gasteiger partial charge in [0, 0.05) is 27.2 Å². The van der Waals surface area contributed by atoms with E-state index in [0.29, 0.717) is 5.56 Å². The Bertz CT molecular complexity index is 1020. The minimum Gasteiger partial charge on any atom is -0.394 e. The average Bonchev–Trinajstić information content (AvgIpc) is 3.35. The van der Waals surface area contributed by atoms with Crippen LogP contribution in [0.5, 0.6) is 0 Å². The van der Waals surface area contributed by atoms with E-state index >= 15 is 0 Å². The zero-order valence-electron chi connectivity index (χ0n) is 13.5. The summed E-state index contributed by atoms with van der Waals surface area (Å²) in [6.45, 7) is -0.336. The van der Waals surface area contributed by atoms with Crippen LogP contribution < -0.4 is 11.2 Å². The molecule has 1 aliphatic heterocycles. The van der Waals surface area contributed by atoms with Crippen LogP contribution in [0.15, 0.2) is 45.4 Å². The summed E-state index contributed by atoms with van der Waals surface area (Å²) in [6.07, 6.45) is -0.708. The fraction of sp³-hybridized carbons (Fsp3) is 0.333. The van der Waals surface area contributed by atoms with E-state index in [-0.39, 0.29) is 20.5 Å². The van der Waals surface area contributed by atoms with Crippen LogP contribution >= 0.6 is 22.7 Å². The van der Waals surface area contributed by atoms with Gasteiger partial charge in [-0.25, -0.2) is 4.79 Å². The second-order valence-corrected chi connectivity index (χ2v) is 8.00. The van der Waals surface area contributed by atoms with Gasteiger partial charge in [-0.1, -0.05) is 13.5 Å². The van der Waals surface area contributed by atoms with Gasteiger partial charge in [-0.05, 0) is 23.6 Å². The third-order valence-electron chi connectivity index (χ3n) is 4.30. The van der Waals surface area contributed by atoms with Gasteiger partial charge < -0.3 is 14.9 Å². The second-order valence-electron chi connectivity index (χ2n) is 5.97. The molecule has 0 unspecified atom stereocenters. The number of thiophene rings is 2. The number of hydrogen-bond donors (Lipinski definition) is 3. The lowest BCUT2D eigenvalue weighted by Gasteiger charge is -2.15. The van der Waals surface area contributed by atoms with Crippen LogP contribution in [0.4, 0.5) is 0 Å². The summed E-state index contributed by atoms with van der Waals surface area (Å²) in [5, 5.41) is 21.1. The molecule has 4 rings (SSSR count). The van der Waals surface area contributed by atoms with Crippen LogP contribution in [0.1, 0.15) is 20.1 Å². The number of aromatic nitrogens is 2. The highest BCUT2D eigenvalue weighted by Crippen LogP contribution is 2.35. The molecule has 7 nitrogen and oxygen atoms in total. The first-order valence-corrected chi connectivity index (χ1v) is 9.70. The molecule has 144 valence electrons. The van der Waals surface area contributed by atoms with Crippen molar-refractivity contribution in [2.45, 2.75) is 32.3 Å². The number of aromatic amines is 1. The van der Waals surface area contributed by atoms with Crippen molar-refractivity contribution in [3.63, 3.8) is 0 Å². The molecule has 3 aromatic heterocycles. The van der Waals surface area contributed by atoms with Crippen molar-refractivity contribution in [2.24, 2.45) is 0 Å². The Balaban J connectivity index is 0.00000210. The zero-order chi connectivity index (χ0) is 18.3. The molecule has 27 heavy (non-hydrogen) atoms. The highest BCUT2D eigenvalue weighted by Gasteiger charge is 2.35. The van der Waals surface area contributed by atoms with Crippen LogP contribution in [-0.4, -0.2) is 38.6 Å². The summed E-state index contributed by atoms with van der Waals surface area (Å²) >= 11 is 3.08. The fourth-order valence-corrected chi connectivity index (χ4v) is 4.81. The number of rotatable bonds is 4. The molecule has 0 bridgehead atoms. The Morgan fingerprint density at radius 2 is 2.00 bits per heavy atom. The molecule has 3 N–H and O–H groups in total. The van der Waals surface area contributed by atoms with E-state index in [1.165, 1.54) is 22.1 Å². The smallest absolute Gasteiger partial charge is 0.330 e. The zero-order valence-corrected chi connectivity index (χ0v) is 15.1. The summed E-state index contributed by atoms with van der Waals surface area (Å²) < 4.78 is 6.79. The molecule has 3 atom stereocenters. The normalized spacial score (nSPS) is 21.9. The monoisotopic (exact) mass is 408 g/mol. The van der Waals surface area contributed by atoms with E-state index in [1.54, 1.807) is 11.3 Å². The molecule has 1 fully saturated rings. The Kier molecular flexibility index (Phi) is 5.78. The van der Waals surface area contributed by atoms with Gasteiger partial charge in [0.1, 0.15) is 12.3 Å². The van der Waals surface area contributed by atoms with Gasteiger partial charge in [0.2, 0.25) is 0 Å². The maximum atomic E-state index is 12.3. The number of hydrogen-bond acceptors (Lipinski definition) is 7. The van der Waals surface area contributed by atoms with Gasteiger partial charge in [0.05, 0.1) is 18.3 Å². The number of nitrogens with one attached hydrogen (secondary N) is 1. The molecule has 4 heterocycles. The third-order valence-corrected chi connectivity index (χ3v) is 6.48. The first-order chi connectivity index (χ1) is 12.6. The molecular formula is C18H20N2O5S2. The highest BCUT2D eigenvalue weighted by atomic mass is 32.1.